The van der Waals surface area contributed by atoms with Crippen LogP contribution in [0.2, 0.25) is 0 Å². The molecule has 0 bridgehead atoms. The number of ether oxygens (including phenoxy) is 1. The Balaban J connectivity index is 1.12. The highest BCUT2D eigenvalue weighted by molar-refractivity contribution is 6.09. The van der Waals surface area contributed by atoms with E-state index in [0.29, 0.717) is 45.8 Å². The maximum Gasteiger partial charge on any atom is 0.137 e. The fourth-order valence-electron chi connectivity index (χ4n) is 9.69. The highest BCUT2D eigenvalue weighted by Crippen LogP contribution is 2.52. The van der Waals surface area contributed by atoms with Crippen LogP contribution < -0.4 is 14.5 Å². The number of fused-ring (bicyclic) bond motifs is 4. The molecule has 1 aliphatic rings. The fraction of sp³-hybridized carbons (Fsp3) is 0.277. The van der Waals surface area contributed by atoms with Crippen LogP contribution in [0.15, 0.2) is 164 Å². The molecule has 0 atom stereocenters. The molecule has 3 heterocycles. The summed E-state index contributed by atoms with van der Waals surface area (Å²) in [6.45, 7) is 29.8. The Morgan fingerprint density at radius 1 is 0.514 bits per heavy atom. The van der Waals surface area contributed by atoms with Gasteiger partial charge in [0.1, 0.15) is 24.0 Å². The molecule has 9 aromatic rings. The van der Waals surface area contributed by atoms with E-state index in [1.807, 2.05) is 34.9 Å². The molecule has 0 amide bonds. The van der Waals surface area contributed by atoms with Crippen molar-refractivity contribution in [2.75, 3.05) is 16.5 Å². The van der Waals surface area contributed by atoms with E-state index in [9.17, 15) is 0 Å². The number of hydrogen-bond acceptors (Lipinski definition) is 4. The number of aromatic nitrogens is 2. The summed E-state index contributed by atoms with van der Waals surface area (Å²) in [7, 11) is 0. The van der Waals surface area contributed by atoms with E-state index in [1.165, 1.54) is 33.4 Å². The molecule has 0 aliphatic carbocycles. The molecule has 0 saturated heterocycles. The molecule has 0 saturated carbocycles. The minimum atomic E-state index is -0.289. The van der Waals surface area contributed by atoms with Crippen LogP contribution in [-0.4, -0.2) is 16.2 Å². The van der Waals surface area contributed by atoms with Crippen molar-refractivity contribution in [2.45, 2.75) is 112 Å². The number of nitrogens with zero attached hydrogens (tertiary/aromatic N) is 4. The van der Waals surface area contributed by atoms with Gasteiger partial charge in [0.25, 0.3) is 0 Å². The summed E-state index contributed by atoms with van der Waals surface area (Å²) in [5, 5.41) is 1.13. The summed E-state index contributed by atoms with van der Waals surface area (Å²) in [5.41, 5.74) is 15.5. The van der Waals surface area contributed by atoms with E-state index in [4.69, 9.17) is 15.2 Å². The third-order valence-corrected chi connectivity index (χ3v) is 14.0. The predicted octanol–water partition coefficient (Wildman–Crippen LogP) is 18.1. The van der Waals surface area contributed by atoms with Crippen LogP contribution in [0, 0.1) is 6.92 Å². The highest BCUT2D eigenvalue weighted by Gasteiger charge is 2.34. The van der Waals surface area contributed by atoms with Crippen LogP contribution in [0.25, 0.3) is 49.9 Å². The van der Waals surface area contributed by atoms with Crippen molar-refractivity contribution in [3.63, 3.8) is 0 Å². The van der Waals surface area contributed by atoms with Crippen molar-refractivity contribution in [3.05, 3.63) is 192 Å². The largest absolute Gasteiger partial charge is 0.457 e. The van der Waals surface area contributed by atoms with E-state index < -0.39 is 0 Å². The monoisotopic (exact) mass is 925 g/mol. The number of aryl methyl sites for hydroxylation is 1. The summed E-state index contributed by atoms with van der Waals surface area (Å²) in [4.78, 5) is 9.67. The maximum atomic E-state index is 9.14. The maximum absolute atomic E-state index is 9.14. The standard InChI is InChI=1S/C65H68N4O/c1-42-27-28-49(39-59(42)70-50-29-30-52-51-23-17-18-24-55(51)69(58(52)40-50)60-38-45(31-32-66-60)62(2,3)4)67-41-68(57-26-20-19-25-56(57)67)61-53(43-21-15-14-16-22-43)36-48(65(11,12)13)37-54(61)44-33-46(63(5,6)7)35-47(34-44)64(8,9)10/h14-40H,41H2,1-13H3/i17D,18D,23D,24D. The Bertz CT molecular complexity index is 3650. The summed E-state index contributed by atoms with van der Waals surface area (Å²) >= 11 is 0. The van der Waals surface area contributed by atoms with Gasteiger partial charge in [0.15, 0.2) is 0 Å². The van der Waals surface area contributed by atoms with Gasteiger partial charge < -0.3 is 14.5 Å². The summed E-state index contributed by atoms with van der Waals surface area (Å²) in [5.74, 6) is 1.82. The van der Waals surface area contributed by atoms with Crippen molar-refractivity contribution < 1.29 is 10.2 Å². The first kappa shape index (κ1) is 41.8. The van der Waals surface area contributed by atoms with Gasteiger partial charge in [0, 0.05) is 45.9 Å². The molecular formula is C65H68N4O. The minimum Gasteiger partial charge on any atom is -0.457 e. The van der Waals surface area contributed by atoms with Gasteiger partial charge in [-0.15, -0.1) is 0 Å². The molecule has 5 nitrogen and oxygen atoms in total. The average Bonchev–Trinajstić information content (AvgIpc) is 3.91. The third kappa shape index (κ3) is 8.65. The van der Waals surface area contributed by atoms with Crippen molar-refractivity contribution in [1.82, 2.24) is 9.55 Å². The number of hydrogen-bond donors (Lipinski definition) is 0. The van der Waals surface area contributed by atoms with E-state index in [1.54, 1.807) is 6.20 Å². The summed E-state index contributed by atoms with van der Waals surface area (Å²) < 4.78 is 44.3. The lowest BCUT2D eigenvalue weighted by atomic mass is 9.77. The molecule has 1 aliphatic heterocycles. The molecule has 5 heteroatoms. The molecule has 7 aromatic carbocycles. The quantitative estimate of drug-likeness (QED) is 0.159. The molecule has 354 valence electrons. The van der Waals surface area contributed by atoms with Gasteiger partial charge in [0.2, 0.25) is 0 Å². The first-order valence-corrected chi connectivity index (χ1v) is 24.6. The number of para-hydroxylation sites is 3. The number of rotatable bonds is 7. The normalized spacial score (nSPS) is 14.2. The average molecular weight is 925 g/mol. The Labute approximate surface area is 422 Å². The second kappa shape index (κ2) is 17.1. The molecule has 10 rings (SSSR count). The van der Waals surface area contributed by atoms with Crippen LogP contribution >= 0.6 is 0 Å². The van der Waals surface area contributed by atoms with Gasteiger partial charge in [-0.1, -0.05) is 168 Å². The minimum absolute atomic E-state index is 0.0722. The van der Waals surface area contributed by atoms with Crippen molar-refractivity contribution >= 4 is 44.6 Å². The molecule has 70 heavy (non-hydrogen) atoms. The molecule has 2 aromatic heterocycles. The molecule has 0 spiro atoms. The molecule has 0 N–H and O–H groups in total. The van der Waals surface area contributed by atoms with Gasteiger partial charge in [-0.25, -0.2) is 4.98 Å². The van der Waals surface area contributed by atoms with Crippen LogP contribution in [-0.2, 0) is 21.7 Å². The van der Waals surface area contributed by atoms with Crippen molar-refractivity contribution in [1.29, 1.82) is 0 Å². The lowest BCUT2D eigenvalue weighted by Crippen LogP contribution is -2.25. The Morgan fingerprint density at radius 2 is 1.11 bits per heavy atom. The van der Waals surface area contributed by atoms with Crippen molar-refractivity contribution in [2.24, 2.45) is 0 Å². The van der Waals surface area contributed by atoms with E-state index >= 15 is 0 Å². The lowest BCUT2D eigenvalue weighted by Gasteiger charge is -2.31. The Hall–Kier alpha value is -7.11. The van der Waals surface area contributed by atoms with Crippen molar-refractivity contribution in [3.8, 4) is 39.6 Å². The topological polar surface area (TPSA) is 33.5 Å². The van der Waals surface area contributed by atoms with Gasteiger partial charge in [-0.2, -0.15) is 0 Å². The zero-order valence-corrected chi connectivity index (χ0v) is 43.2. The van der Waals surface area contributed by atoms with E-state index in [2.05, 4.69) is 203 Å². The Morgan fingerprint density at radius 3 is 1.77 bits per heavy atom. The fourth-order valence-corrected chi connectivity index (χ4v) is 9.69. The van der Waals surface area contributed by atoms with Crippen LogP contribution in [0.5, 0.6) is 11.5 Å². The molecule has 0 unspecified atom stereocenters. The van der Waals surface area contributed by atoms with Crippen LogP contribution in [0.3, 0.4) is 0 Å². The summed E-state index contributed by atoms with van der Waals surface area (Å²) in [6.07, 6.45) is 1.77. The van der Waals surface area contributed by atoms with Gasteiger partial charge in [-0.05, 0) is 128 Å². The Kier molecular flexibility index (Phi) is 10.2. The summed E-state index contributed by atoms with van der Waals surface area (Å²) in [6, 6.07) is 47.0. The van der Waals surface area contributed by atoms with E-state index in [0.717, 1.165) is 39.4 Å². The van der Waals surface area contributed by atoms with Gasteiger partial charge in [0.05, 0.1) is 33.6 Å². The third-order valence-electron chi connectivity index (χ3n) is 14.0. The zero-order chi connectivity index (χ0) is 53.0. The number of benzene rings is 7. The second-order valence-corrected chi connectivity index (χ2v) is 23.3. The number of pyridine rings is 1. The number of anilines is 4. The second-order valence-electron chi connectivity index (χ2n) is 23.3. The molecule has 0 fully saturated rings. The first-order chi connectivity index (χ1) is 34.8. The predicted molar refractivity (Wildman–Crippen MR) is 298 cm³/mol. The smallest absolute Gasteiger partial charge is 0.137 e. The first-order valence-electron chi connectivity index (χ1n) is 26.6. The van der Waals surface area contributed by atoms with Crippen LogP contribution in [0.1, 0.15) is 116 Å². The van der Waals surface area contributed by atoms with Gasteiger partial charge in [-0.3, -0.25) is 4.57 Å². The van der Waals surface area contributed by atoms with Gasteiger partial charge >= 0.3 is 0 Å². The highest BCUT2D eigenvalue weighted by atomic mass is 16.5. The lowest BCUT2D eigenvalue weighted by molar-refractivity contribution is 0.479. The van der Waals surface area contributed by atoms with E-state index in [-0.39, 0.29) is 45.8 Å². The molecular weight excluding hydrogens is 853 g/mol. The molecule has 0 radical (unpaired) electrons. The SMILES string of the molecule is [2H]c1c([2H])c([2H])c2c(c1[2H])c1ccc(Oc3cc(N4CN(c5c(-c6ccccc6)cc(C(C)(C)C)cc5-c5cc(C(C)(C)C)cc(C(C)(C)C)c5)c5ccccc54)ccc3C)cc1n2-c1cc(C(C)(C)C)ccn1. The zero-order valence-electron chi connectivity index (χ0n) is 47.2. The van der Waals surface area contributed by atoms with Crippen LogP contribution in [0.4, 0.5) is 22.7 Å².